The van der Waals surface area contributed by atoms with Gasteiger partial charge in [0.15, 0.2) is 0 Å². The molecule has 0 rings (SSSR count). The van der Waals surface area contributed by atoms with Crippen molar-refractivity contribution in [3.63, 3.8) is 0 Å². The molecule has 0 bridgehead atoms. The smallest absolute Gasteiger partial charge is 0.0697 e. The topological polar surface area (TPSA) is 29.5 Å². The SMILES string of the molecule is CC(C)(S)CCOCCO. The van der Waals surface area contributed by atoms with Crippen LogP contribution >= 0.6 is 12.6 Å². The van der Waals surface area contributed by atoms with Gasteiger partial charge >= 0.3 is 0 Å². The van der Waals surface area contributed by atoms with E-state index in [1.165, 1.54) is 0 Å². The zero-order valence-corrected chi connectivity index (χ0v) is 7.53. The highest BCUT2D eigenvalue weighted by Crippen LogP contribution is 2.16. The Kier molecular flexibility index (Phi) is 5.13. The monoisotopic (exact) mass is 164 g/mol. The first-order valence-electron chi connectivity index (χ1n) is 3.47. The van der Waals surface area contributed by atoms with Crippen molar-refractivity contribution in [2.24, 2.45) is 0 Å². The summed E-state index contributed by atoms with van der Waals surface area (Å²) < 4.78 is 5.10. The number of ether oxygens (including phenoxy) is 1. The number of aliphatic hydroxyl groups is 1. The zero-order valence-electron chi connectivity index (χ0n) is 6.63. The van der Waals surface area contributed by atoms with Crippen molar-refractivity contribution >= 4 is 12.6 Å². The summed E-state index contributed by atoms with van der Waals surface area (Å²) in [7, 11) is 0. The molecule has 2 nitrogen and oxygen atoms in total. The van der Waals surface area contributed by atoms with Gasteiger partial charge in [0.1, 0.15) is 0 Å². The van der Waals surface area contributed by atoms with Crippen molar-refractivity contribution in [3.8, 4) is 0 Å². The Morgan fingerprint density at radius 2 is 2.00 bits per heavy atom. The second kappa shape index (κ2) is 4.99. The van der Waals surface area contributed by atoms with Gasteiger partial charge in [0.25, 0.3) is 0 Å². The van der Waals surface area contributed by atoms with E-state index < -0.39 is 0 Å². The van der Waals surface area contributed by atoms with Crippen LogP contribution in [-0.4, -0.2) is 29.7 Å². The van der Waals surface area contributed by atoms with Crippen LogP contribution in [0, 0.1) is 0 Å². The minimum absolute atomic E-state index is 0.0372. The lowest BCUT2D eigenvalue weighted by molar-refractivity contribution is 0.0875. The number of hydrogen-bond acceptors (Lipinski definition) is 3. The Labute approximate surface area is 68.0 Å². The van der Waals surface area contributed by atoms with Gasteiger partial charge in [0.05, 0.1) is 13.2 Å². The maximum atomic E-state index is 8.35. The van der Waals surface area contributed by atoms with Gasteiger partial charge < -0.3 is 9.84 Å². The maximum Gasteiger partial charge on any atom is 0.0697 e. The van der Waals surface area contributed by atoms with Crippen LogP contribution in [0.1, 0.15) is 20.3 Å². The van der Waals surface area contributed by atoms with Gasteiger partial charge in [0.2, 0.25) is 0 Å². The molecule has 0 saturated heterocycles. The molecule has 3 heteroatoms. The van der Waals surface area contributed by atoms with Gasteiger partial charge in [-0.25, -0.2) is 0 Å². The lowest BCUT2D eigenvalue weighted by Crippen LogP contribution is -2.14. The van der Waals surface area contributed by atoms with Crippen molar-refractivity contribution in [2.45, 2.75) is 25.0 Å². The first-order chi connectivity index (χ1) is 4.56. The van der Waals surface area contributed by atoms with E-state index in [9.17, 15) is 0 Å². The molecule has 0 aliphatic heterocycles. The highest BCUT2D eigenvalue weighted by atomic mass is 32.1. The molecule has 0 aromatic heterocycles. The minimum atomic E-state index is 0.0372. The van der Waals surface area contributed by atoms with Gasteiger partial charge in [0, 0.05) is 11.4 Å². The molecule has 0 aliphatic rings. The predicted octanol–water partition coefficient (Wildman–Crippen LogP) is 1.09. The van der Waals surface area contributed by atoms with E-state index >= 15 is 0 Å². The Morgan fingerprint density at radius 1 is 1.40 bits per heavy atom. The van der Waals surface area contributed by atoms with E-state index in [2.05, 4.69) is 12.6 Å². The van der Waals surface area contributed by atoms with Crippen LogP contribution < -0.4 is 0 Å². The van der Waals surface area contributed by atoms with Crippen LogP contribution in [0.3, 0.4) is 0 Å². The summed E-state index contributed by atoms with van der Waals surface area (Å²) in [6.07, 6.45) is 0.913. The molecular formula is C7H16O2S. The summed E-state index contributed by atoms with van der Waals surface area (Å²) in [4.78, 5) is 0. The molecule has 0 aliphatic carbocycles. The maximum absolute atomic E-state index is 8.35. The Hall–Kier alpha value is 0.270. The Bertz CT molecular complexity index is 78.2. The van der Waals surface area contributed by atoms with Gasteiger partial charge in [-0.15, -0.1) is 0 Å². The van der Waals surface area contributed by atoms with Crippen LogP contribution in [-0.2, 0) is 4.74 Å². The van der Waals surface area contributed by atoms with Crippen LogP contribution in [0.4, 0.5) is 0 Å². The molecule has 0 amide bonds. The van der Waals surface area contributed by atoms with E-state index in [-0.39, 0.29) is 11.4 Å². The van der Waals surface area contributed by atoms with Crippen LogP contribution in [0.25, 0.3) is 0 Å². The first-order valence-corrected chi connectivity index (χ1v) is 3.92. The first kappa shape index (κ1) is 10.3. The molecule has 0 unspecified atom stereocenters. The molecule has 0 fully saturated rings. The molecule has 0 aromatic carbocycles. The second-order valence-corrected chi connectivity index (χ2v) is 4.11. The highest BCUT2D eigenvalue weighted by Gasteiger charge is 2.09. The van der Waals surface area contributed by atoms with E-state index in [0.29, 0.717) is 13.2 Å². The van der Waals surface area contributed by atoms with E-state index in [0.717, 1.165) is 6.42 Å². The van der Waals surface area contributed by atoms with Crippen molar-refractivity contribution in [1.82, 2.24) is 0 Å². The second-order valence-electron chi connectivity index (χ2n) is 2.90. The van der Waals surface area contributed by atoms with Crippen LogP contribution in [0.5, 0.6) is 0 Å². The lowest BCUT2D eigenvalue weighted by Gasteiger charge is -2.16. The average molecular weight is 164 g/mol. The fourth-order valence-corrected chi connectivity index (χ4v) is 0.580. The highest BCUT2D eigenvalue weighted by molar-refractivity contribution is 7.81. The molecule has 0 spiro atoms. The minimum Gasteiger partial charge on any atom is -0.394 e. The molecule has 0 heterocycles. The summed E-state index contributed by atoms with van der Waals surface area (Å²) in [5, 5.41) is 8.35. The van der Waals surface area contributed by atoms with Crippen molar-refractivity contribution < 1.29 is 9.84 Å². The molecular weight excluding hydrogens is 148 g/mol. The van der Waals surface area contributed by atoms with Gasteiger partial charge in [-0.1, -0.05) is 13.8 Å². The fraction of sp³-hybridized carbons (Fsp3) is 1.00. The number of rotatable bonds is 5. The summed E-state index contributed by atoms with van der Waals surface area (Å²) >= 11 is 4.31. The zero-order chi connectivity index (χ0) is 8.04. The van der Waals surface area contributed by atoms with E-state index in [1.807, 2.05) is 13.8 Å². The number of aliphatic hydroxyl groups excluding tert-OH is 1. The van der Waals surface area contributed by atoms with Crippen molar-refractivity contribution in [3.05, 3.63) is 0 Å². The van der Waals surface area contributed by atoms with Crippen LogP contribution in [0.2, 0.25) is 0 Å². The van der Waals surface area contributed by atoms with Gasteiger partial charge in [-0.3, -0.25) is 0 Å². The number of hydrogen-bond donors (Lipinski definition) is 2. The normalized spacial score (nSPS) is 12.0. The van der Waals surface area contributed by atoms with Gasteiger partial charge in [-0.2, -0.15) is 12.6 Å². The molecule has 0 saturated carbocycles. The number of thiol groups is 1. The fourth-order valence-electron chi connectivity index (χ4n) is 0.489. The average Bonchev–Trinajstić information content (AvgIpc) is 1.78. The quantitative estimate of drug-likeness (QED) is 0.470. The van der Waals surface area contributed by atoms with Crippen LogP contribution in [0.15, 0.2) is 0 Å². The molecule has 0 aromatic rings. The summed E-state index contributed by atoms with van der Waals surface area (Å²) in [5.74, 6) is 0. The molecule has 0 radical (unpaired) electrons. The molecule has 1 N–H and O–H groups in total. The van der Waals surface area contributed by atoms with Crippen molar-refractivity contribution in [1.29, 1.82) is 0 Å². The molecule has 10 heavy (non-hydrogen) atoms. The Balaban J connectivity index is 3.04. The predicted molar refractivity (Wildman–Crippen MR) is 45.6 cm³/mol. The third-order valence-corrected chi connectivity index (χ3v) is 1.32. The molecule has 0 atom stereocenters. The van der Waals surface area contributed by atoms with Crippen molar-refractivity contribution in [2.75, 3.05) is 19.8 Å². The summed E-state index contributed by atoms with van der Waals surface area (Å²) in [6, 6.07) is 0. The third kappa shape index (κ3) is 8.27. The summed E-state index contributed by atoms with van der Waals surface area (Å²) in [6.45, 7) is 5.30. The molecule has 62 valence electrons. The summed E-state index contributed by atoms with van der Waals surface area (Å²) in [5.41, 5.74) is 0. The van der Waals surface area contributed by atoms with E-state index in [4.69, 9.17) is 9.84 Å². The largest absolute Gasteiger partial charge is 0.394 e. The lowest BCUT2D eigenvalue weighted by atomic mass is 10.1. The third-order valence-electron chi connectivity index (χ3n) is 1.09. The standard InChI is InChI=1S/C7H16O2S/c1-7(2,10)3-5-9-6-4-8/h8,10H,3-6H2,1-2H3. The van der Waals surface area contributed by atoms with E-state index in [1.54, 1.807) is 0 Å². The Morgan fingerprint density at radius 3 is 2.40 bits per heavy atom. The van der Waals surface area contributed by atoms with Gasteiger partial charge in [-0.05, 0) is 6.42 Å².